The Kier molecular flexibility index (Phi) is 3.94. The van der Waals surface area contributed by atoms with E-state index in [1.165, 1.54) is 0 Å². The molecule has 0 radical (unpaired) electrons. The summed E-state index contributed by atoms with van der Waals surface area (Å²) in [5.41, 5.74) is 1.08. The summed E-state index contributed by atoms with van der Waals surface area (Å²) in [6, 6.07) is 10.2. The first-order valence-corrected chi connectivity index (χ1v) is 7.22. The van der Waals surface area contributed by atoms with E-state index in [-0.39, 0.29) is 18.1 Å². The fraction of sp³-hybridized carbons (Fsp3) is 0.438. The third kappa shape index (κ3) is 2.94. The second-order valence-corrected chi connectivity index (χ2v) is 5.67. The third-order valence-electron chi connectivity index (χ3n) is 4.09. The average molecular weight is 287 g/mol. The number of nitrogens with zero attached hydrogens (tertiary/aromatic N) is 2. The molecule has 1 amide bonds. The number of carbonyl (C=O) groups is 1. The predicted octanol–water partition coefficient (Wildman–Crippen LogP) is 1.09. The van der Waals surface area contributed by atoms with Crippen LogP contribution >= 0.6 is 0 Å². The van der Waals surface area contributed by atoms with Gasteiger partial charge in [-0.3, -0.25) is 4.79 Å². The molecule has 2 aromatic rings. The van der Waals surface area contributed by atoms with Crippen LogP contribution < -0.4 is 5.32 Å². The summed E-state index contributed by atoms with van der Waals surface area (Å²) in [6.45, 7) is 2.02. The number of fused-ring (bicyclic) bond motifs is 1. The lowest BCUT2D eigenvalue weighted by Gasteiger charge is -2.18. The molecule has 1 N–H and O–H groups in total. The van der Waals surface area contributed by atoms with Crippen LogP contribution in [0.25, 0.3) is 10.9 Å². The zero-order chi connectivity index (χ0) is 14.8. The maximum Gasteiger partial charge on any atom is 0.240 e. The molecule has 2 atom stereocenters. The Morgan fingerprint density at radius 2 is 2.14 bits per heavy atom. The standard InChI is InChI=1S/C16H21N3O2/c1-18-9-13(15(10-18)21-2)17-16(20)11-19-8-7-12-5-3-4-6-14(12)19/h3-8,13,15H,9-11H2,1-2H3,(H,17,20)/t13-,15-/m0/s1. The normalized spacial score (nSPS) is 22.8. The first kappa shape index (κ1) is 14.1. The molecular formula is C16H21N3O2. The summed E-state index contributed by atoms with van der Waals surface area (Å²) in [4.78, 5) is 14.4. The summed E-state index contributed by atoms with van der Waals surface area (Å²) in [7, 11) is 3.74. The van der Waals surface area contributed by atoms with Crippen molar-refractivity contribution in [1.29, 1.82) is 0 Å². The van der Waals surface area contributed by atoms with Gasteiger partial charge in [0.1, 0.15) is 6.54 Å². The van der Waals surface area contributed by atoms with Crippen molar-refractivity contribution in [2.45, 2.75) is 18.7 Å². The van der Waals surface area contributed by atoms with Gasteiger partial charge in [-0.15, -0.1) is 0 Å². The van der Waals surface area contributed by atoms with Crippen molar-refractivity contribution in [2.75, 3.05) is 27.2 Å². The lowest BCUT2D eigenvalue weighted by atomic mass is 10.2. The van der Waals surface area contributed by atoms with Crippen LogP contribution in [0.2, 0.25) is 0 Å². The minimum Gasteiger partial charge on any atom is -0.378 e. The lowest BCUT2D eigenvalue weighted by molar-refractivity contribution is -0.122. The van der Waals surface area contributed by atoms with Gasteiger partial charge in [0.05, 0.1) is 12.1 Å². The van der Waals surface area contributed by atoms with Gasteiger partial charge in [-0.05, 0) is 24.6 Å². The predicted molar refractivity (Wildman–Crippen MR) is 82.2 cm³/mol. The van der Waals surface area contributed by atoms with Gasteiger partial charge in [-0.2, -0.15) is 0 Å². The van der Waals surface area contributed by atoms with Crippen molar-refractivity contribution in [3.05, 3.63) is 36.5 Å². The molecule has 1 aliphatic rings. The van der Waals surface area contributed by atoms with E-state index in [1.54, 1.807) is 7.11 Å². The molecule has 5 nitrogen and oxygen atoms in total. The van der Waals surface area contributed by atoms with Gasteiger partial charge in [0.25, 0.3) is 0 Å². The Bertz CT molecular complexity index is 637. The van der Waals surface area contributed by atoms with Crippen LogP contribution in [0.4, 0.5) is 0 Å². The number of amides is 1. The number of likely N-dealkylation sites (tertiary alicyclic amines) is 1. The minimum atomic E-state index is 0.0266. The molecule has 2 heterocycles. The summed E-state index contributed by atoms with van der Waals surface area (Å²) >= 11 is 0. The van der Waals surface area contributed by atoms with E-state index in [4.69, 9.17) is 4.74 Å². The molecule has 0 spiro atoms. The quantitative estimate of drug-likeness (QED) is 0.915. The zero-order valence-corrected chi connectivity index (χ0v) is 12.5. The molecule has 1 saturated heterocycles. The van der Waals surface area contributed by atoms with E-state index in [2.05, 4.69) is 16.3 Å². The monoisotopic (exact) mass is 287 g/mol. The van der Waals surface area contributed by atoms with Crippen LogP contribution in [0.5, 0.6) is 0 Å². The van der Waals surface area contributed by atoms with Crippen LogP contribution in [-0.2, 0) is 16.1 Å². The smallest absolute Gasteiger partial charge is 0.240 e. The van der Waals surface area contributed by atoms with Crippen molar-refractivity contribution < 1.29 is 9.53 Å². The number of rotatable bonds is 4. The largest absolute Gasteiger partial charge is 0.378 e. The number of para-hydroxylation sites is 1. The Labute approximate surface area is 124 Å². The van der Waals surface area contributed by atoms with Crippen LogP contribution in [0.1, 0.15) is 0 Å². The summed E-state index contributed by atoms with van der Waals surface area (Å²) in [5, 5.41) is 4.24. The molecule has 0 unspecified atom stereocenters. The molecule has 112 valence electrons. The van der Waals surface area contributed by atoms with Crippen LogP contribution in [0, 0.1) is 0 Å². The van der Waals surface area contributed by atoms with Crippen molar-refractivity contribution in [3.8, 4) is 0 Å². The van der Waals surface area contributed by atoms with E-state index >= 15 is 0 Å². The van der Waals surface area contributed by atoms with Gasteiger partial charge in [0, 0.05) is 31.9 Å². The van der Waals surface area contributed by atoms with Gasteiger partial charge in [-0.25, -0.2) is 0 Å². The van der Waals surface area contributed by atoms with E-state index in [0.717, 1.165) is 24.0 Å². The van der Waals surface area contributed by atoms with E-state index in [1.807, 2.05) is 42.1 Å². The summed E-state index contributed by atoms with van der Waals surface area (Å²) in [6.07, 6.45) is 2.03. The number of nitrogens with one attached hydrogen (secondary N) is 1. The molecule has 0 bridgehead atoms. The topological polar surface area (TPSA) is 46.5 Å². The molecular weight excluding hydrogens is 266 g/mol. The summed E-state index contributed by atoms with van der Waals surface area (Å²) in [5.74, 6) is 0.0266. The highest BCUT2D eigenvalue weighted by atomic mass is 16.5. The van der Waals surface area contributed by atoms with E-state index < -0.39 is 0 Å². The Morgan fingerprint density at radius 1 is 1.33 bits per heavy atom. The number of ether oxygens (including phenoxy) is 1. The number of hydrogen-bond donors (Lipinski definition) is 1. The SMILES string of the molecule is CO[C@H]1CN(C)C[C@@H]1NC(=O)Cn1ccc2ccccc21. The van der Waals surface area contributed by atoms with Crippen LogP contribution in [0.15, 0.2) is 36.5 Å². The van der Waals surface area contributed by atoms with Gasteiger partial charge in [-0.1, -0.05) is 18.2 Å². The number of likely N-dealkylation sites (N-methyl/N-ethyl adjacent to an activating group) is 1. The molecule has 1 aliphatic heterocycles. The molecule has 0 saturated carbocycles. The molecule has 3 rings (SSSR count). The van der Waals surface area contributed by atoms with Crippen molar-refractivity contribution in [3.63, 3.8) is 0 Å². The van der Waals surface area contributed by atoms with Crippen molar-refractivity contribution in [1.82, 2.24) is 14.8 Å². The maximum atomic E-state index is 12.3. The number of methoxy groups -OCH3 is 1. The Balaban J connectivity index is 1.66. The highest BCUT2D eigenvalue weighted by Crippen LogP contribution is 2.15. The molecule has 1 aromatic heterocycles. The van der Waals surface area contributed by atoms with E-state index in [9.17, 15) is 4.79 Å². The second kappa shape index (κ2) is 5.87. The number of aromatic nitrogens is 1. The number of benzene rings is 1. The highest BCUT2D eigenvalue weighted by molar-refractivity contribution is 5.83. The Morgan fingerprint density at radius 3 is 2.95 bits per heavy atom. The second-order valence-electron chi connectivity index (χ2n) is 5.67. The van der Waals surface area contributed by atoms with Crippen LogP contribution in [0.3, 0.4) is 0 Å². The minimum absolute atomic E-state index is 0.0266. The van der Waals surface area contributed by atoms with Crippen molar-refractivity contribution in [2.24, 2.45) is 0 Å². The van der Waals surface area contributed by atoms with Gasteiger partial charge >= 0.3 is 0 Å². The molecule has 1 fully saturated rings. The molecule has 1 aromatic carbocycles. The molecule has 21 heavy (non-hydrogen) atoms. The molecule has 5 heteroatoms. The maximum absolute atomic E-state index is 12.3. The fourth-order valence-corrected chi connectivity index (χ4v) is 3.03. The lowest BCUT2D eigenvalue weighted by Crippen LogP contribution is -2.44. The average Bonchev–Trinajstić information content (AvgIpc) is 3.03. The molecule has 0 aliphatic carbocycles. The van der Waals surface area contributed by atoms with Crippen molar-refractivity contribution >= 4 is 16.8 Å². The fourth-order valence-electron chi connectivity index (χ4n) is 3.03. The Hall–Kier alpha value is -1.85. The summed E-state index contributed by atoms with van der Waals surface area (Å²) < 4.78 is 7.41. The van der Waals surface area contributed by atoms with Gasteiger partial charge < -0.3 is 19.5 Å². The first-order valence-electron chi connectivity index (χ1n) is 7.22. The first-order chi connectivity index (χ1) is 10.2. The van der Waals surface area contributed by atoms with Gasteiger partial charge in [0.2, 0.25) is 5.91 Å². The highest BCUT2D eigenvalue weighted by Gasteiger charge is 2.31. The number of carbonyl (C=O) groups excluding carboxylic acids is 1. The van der Waals surface area contributed by atoms with Gasteiger partial charge in [0.15, 0.2) is 0 Å². The zero-order valence-electron chi connectivity index (χ0n) is 12.5. The van der Waals surface area contributed by atoms with Crippen LogP contribution in [-0.4, -0.2) is 54.8 Å². The number of hydrogen-bond acceptors (Lipinski definition) is 3. The third-order valence-corrected chi connectivity index (χ3v) is 4.09. The van der Waals surface area contributed by atoms with E-state index in [0.29, 0.717) is 6.54 Å².